The number of thiophene rings is 1. The van der Waals surface area contributed by atoms with Crippen molar-refractivity contribution in [3.05, 3.63) is 52.9 Å². The monoisotopic (exact) mass is 439 g/mol. The summed E-state index contributed by atoms with van der Waals surface area (Å²) in [4.78, 5) is 37.8. The number of rotatable bonds is 7. The minimum atomic E-state index is -0.953. The van der Waals surface area contributed by atoms with Crippen LogP contribution in [-0.2, 0) is 14.3 Å². The Kier molecular flexibility index (Phi) is 5.96. The number of carbonyl (C=O) groups excluding carboxylic acids is 2. The van der Waals surface area contributed by atoms with Crippen molar-refractivity contribution in [2.24, 2.45) is 23.7 Å². The number of hydrogen-bond acceptors (Lipinski definition) is 5. The zero-order chi connectivity index (χ0) is 22.1. The first-order valence-electron chi connectivity index (χ1n) is 10.5. The van der Waals surface area contributed by atoms with E-state index in [1.807, 2.05) is 55.6 Å². The van der Waals surface area contributed by atoms with Crippen molar-refractivity contribution in [2.45, 2.75) is 26.7 Å². The minimum absolute atomic E-state index is 0.0851. The fraction of sp³-hybridized carbons (Fsp3) is 0.375. The molecule has 7 heteroatoms. The van der Waals surface area contributed by atoms with Gasteiger partial charge in [0, 0.05) is 10.9 Å². The lowest BCUT2D eigenvalue weighted by Crippen LogP contribution is -2.36. The van der Waals surface area contributed by atoms with Gasteiger partial charge in [-0.25, -0.2) is 4.79 Å². The van der Waals surface area contributed by atoms with Crippen LogP contribution >= 0.6 is 11.3 Å². The predicted octanol–water partition coefficient (Wildman–Crippen LogP) is 4.75. The number of carboxylic acid groups (broad SMARTS) is 1. The summed E-state index contributed by atoms with van der Waals surface area (Å²) in [5.74, 6) is -3.37. The van der Waals surface area contributed by atoms with E-state index in [1.165, 1.54) is 11.3 Å². The average molecular weight is 440 g/mol. The van der Waals surface area contributed by atoms with Crippen LogP contribution in [0.5, 0.6) is 0 Å². The van der Waals surface area contributed by atoms with Gasteiger partial charge in [0.15, 0.2) is 0 Å². The number of aryl methyl sites for hydroxylation is 1. The van der Waals surface area contributed by atoms with E-state index in [4.69, 9.17) is 4.74 Å². The Bertz CT molecular complexity index is 1040. The number of esters is 1. The molecule has 1 aromatic heterocycles. The minimum Gasteiger partial charge on any atom is -0.481 e. The van der Waals surface area contributed by atoms with Gasteiger partial charge in [0.05, 0.1) is 18.4 Å². The SMILES string of the molecule is CCCOC(=O)c1c(-c2ccc(C)cc2)csc1NC(=O)[C@H]1[C@@H](C(=O)O)[C@H]2C=C[C@@H]1C2. The molecule has 2 aromatic rings. The quantitative estimate of drug-likeness (QED) is 0.480. The molecule has 2 N–H and O–H groups in total. The number of allylic oxidation sites excluding steroid dienone is 2. The number of amides is 1. The number of aliphatic carboxylic acids is 1. The van der Waals surface area contributed by atoms with E-state index in [0.717, 1.165) is 11.1 Å². The highest BCUT2D eigenvalue weighted by atomic mass is 32.1. The van der Waals surface area contributed by atoms with Crippen molar-refractivity contribution in [3.63, 3.8) is 0 Å². The molecule has 2 bridgehead atoms. The maximum Gasteiger partial charge on any atom is 0.341 e. The summed E-state index contributed by atoms with van der Waals surface area (Å²) in [7, 11) is 0. The van der Waals surface area contributed by atoms with Gasteiger partial charge in [-0.05, 0) is 37.2 Å². The zero-order valence-electron chi connectivity index (χ0n) is 17.5. The van der Waals surface area contributed by atoms with Crippen molar-refractivity contribution < 1.29 is 24.2 Å². The van der Waals surface area contributed by atoms with Crippen LogP contribution in [0.1, 0.15) is 35.7 Å². The molecule has 1 amide bonds. The molecule has 1 aromatic carbocycles. The molecule has 6 nitrogen and oxygen atoms in total. The highest BCUT2D eigenvalue weighted by Crippen LogP contribution is 2.49. The summed E-state index contributed by atoms with van der Waals surface area (Å²) in [5, 5.41) is 14.7. The zero-order valence-corrected chi connectivity index (χ0v) is 18.3. The van der Waals surface area contributed by atoms with Crippen LogP contribution in [0.4, 0.5) is 5.00 Å². The molecular formula is C24H25NO5S. The molecule has 4 atom stereocenters. The molecule has 0 aliphatic heterocycles. The van der Waals surface area contributed by atoms with Crippen LogP contribution in [0, 0.1) is 30.6 Å². The van der Waals surface area contributed by atoms with Crippen LogP contribution in [0.2, 0.25) is 0 Å². The van der Waals surface area contributed by atoms with Gasteiger partial charge in [0.2, 0.25) is 5.91 Å². The molecule has 0 saturated heterocycles. The van der Waals surface area contributed by atoms with Gasteiger partial charge < -0.3 is 15.2 Å². The van der Waals surface area contributed by atoms with E-state index in [1.54, 1.807) is 0 Å². The van der Waals surface area contributed by atoms with Crippen molar-refractivity contribution in [1.82, 2.24) is 0 Å². The third kappa shape index (κ3) is 4.02. The number of anilines is 1. The van der Waals surface area contributed by atoms with E-state index >= 15 is 0 Å². The average Bonchev–Trinajstić information content (AvgIpc) is 3.47. The second-order valence-electron chi connectivity index (χ2n) is 8.18. The number of nitrogens with one attached hydrogen (secondary N) is 1. The van der Waals surface area contributed by atoms with Crippen LogP contribution in [-0.4, -0.2) is 29.6 Å². The maximum absolute atomic E-state index is 13.1. The lowest BCUT2D eigenvalue weighted by molar-refractivity contribution is -0.146. The fourth-order valence-corrected chi connectivity index (χ4v) is 5.54. The number of ether oxygens (including phenoxy) is 1. The standard InChI is InChI=1S/C24H25NO5S/c1-3-10-30-24(29)20-17(14-6-4-13(2)5-7-14)12-31-22(20)25-21(26)18-15-8-9-16(11-15)19(18)23(27)28/h4-9,12,15-16,18-19H,3,10-11H2,1-2H3,(H,25,26)(H,27,28)/t15-,16+,18-,19+/m1/s1. The van der Waals surface area contributed by atoms with Crippen LogP contribution in [0.3, 0.4) is 0 Å². The highest BCUT2D eigenvalue weighted by Gasteiger charge is 2.51. The number of carboxylic acids is 1. The van der Waals surface area contributed by atoms with Gasteiger partial charge in [0.25, 0.3) is 0 Å². The molecule has 2 aliphatic rings. The van der Waals surface area contributed by atoms with Gasteiger partial charge in [-0.15, -0.1) is 11.3 Å². The van der Waals surface area contributed by atoms with Crippen molar-refractivity contribution in [2.75, 3.05) is 11.9 Å². The lowest BCUT2D eigenvalue weighted by Gasteiger charge is -2.23. The third-order valence-electron chi connectivity index (χ3n) is 6.08. The summed E-state index contributed by atoms with van der Waals surface area (Å²) in [5.41, 5.74) is 2.98. The number of carbonyl (C=O) groups is 3. The molecule has 1 saturated carbocycles. The van der Waals surface area contributed by atoms with Gasteiger partial charge >= 0.3 is 11.9 Å². The van der Waals surface area contributed by atoms with Gasteiger partial charge in [-0.3, -0.25) is 9.59 Å². The Morgan fingerprint density at radius 1 is 1.13 bits per heavy atom. The Morgan fingerprint density at radius 2 is 1.81 bits per heavy atom. The Balaban J connectivity index is 1.65. The summed E-state index contributed by atoms with van der Waals surface area (Å²) in [6.07, 6.45) is 5.22. The number of fused-ring (bicyclic) bond motifs is 2. The van der Waals surface area contributed by atoms with E-state index in [9.17, 15) is 19.5 Å². The summed E-state index contributed by atoms with van der Waals surface area (Å²) in [6, 6.07) is 7.79. The molecule has 4 rings (SSSR count). The third-order valence-corrected chi connectivity index (χ3v) is 6.97. The predicted molar refractivity (Wildman–Crippen MR) is 119 cm³/mol. The van der Waals surface area contributed by atoms with Crippen molar-refractivity contribution in [1.29, 1.82) is 0 Å². The van der Waals surface area contributed by atoms with E-state index in [2.05, 4.69) is 5.32 Å². The Morgan fingerprint density at radius 3 is 2.45 bits per heavy atom. The molecule has 1 heterocycles. The van der Waals surface area contributed by atoms with Gasteiger partial charge in [0.1, 0.15) is 10.6 Å². The largest absolute Gasteiger partial charge is 0.481 e. The first-order chi connectivity index (χ1) is 14.9. The van der Waals surface area contributed by atoms with Gasteiger partial charge in [-0.2, -0.15) is 0 Å². The normalized spacial score (nSPS) is 23.7. The molecular weight excluding hydrogens is 414 g/mol. The summed E-state index contributed by atoms with van der Waals surface area (Å²) < 4.78 is 5.39. The van der Waals surface area contributed by atoms with E-state index in [0.29, 0.717) is 29.0 Å². The van der Waals surface area contributed by atoms with Gasteiger partial charge in [-0.1, -0.05) is 48.9 Å². The van der Waals surface area contributed by atoms with E-state index in [-0.39, 0.29) is 24.3 Å². The maximum atomic E-state index is 13.1. The second kappa shape index (κ2) is 8.67. The van der Waals surface area contributed by atoms with Crippen LogP contribution in [0.15, 0.2) is 41.8 Å². The topological polar surface area (TPSA) is 92.7 Å². The van der Waals surface area contributed by atoms with Crippen molar-refractivity contribution in [3.8, 4) is 11.1 Å². The lowest BCUT2D eigenvalue weighted by atomic mass is 9.82. The fourth-order valence-electron chi connectivity index (χ4n) is 4.58. The Labute approximate surface area is 184 Å². The first kappa shape index (κ1) is 21.3. The molecule has 2 aliphatic carbocycles. The summed E-state index contributed by atoms with van der Waals surface area (Å²) in [6.45, 7) is 4.19. The molecule has 31 heavy (non-hydrogen) atoms. The van der Waals surface area contributed by atoms with Crippen molar-refractivity contribution >= 4 is 34.2 Å². The molecule has 0 radical (unpaired) electrons. The number of benzene rings is 1. The Hall–Kier alpha value is -2.93. The van der Waals surface area contributed by atoms with E-state index < -0.39 is 23.8 Å². The summed E-state index contributed by atoms with van der Waals surface area (Å²) >= 11 is 1.26. The van der Waals surface area contributed by atoms with Crippen LogP contribution in [0.25, 0.3) is 11.1 Å². The smallest absolute Gasteiger partial charge is 0.341 e. The molecule has 1 fully saturated rings. The first-order valence-corrected chi connectivity index (χ1v) is 11.4. The highest BCUT2D eigenvalue weighted by molar-refractivity contribution is 7.15. The van der Waals surface area contributed by atoms with Crippen LogP contribution < -0.4 is 5.32 Å². The molecule has 0 spiro atoms. The molecule has 162 valence electrons. The number of hydrogen-bond donors (Lipinski definition) is 2. The molecule has 0 unspecified atom stereocenters. The second-order valence-corrected chi connectivity index (χ2v) is 9.06.